The minimum absolute atomic E-state index is 1.19. The molecule has 0 nitrogen and oxygen atoms in total. The normalized spacial score (nSPS) is 11.8. The number of benzene rings is 10. The van der Waals surface area contributed by atoms with Gasteiger partial charge in [-0.1, -0.05) is 231 Å². The molecule has 10 aromatic rings. The molecule has 0 saturated carbocycles. The van der Waals surface area contributed by atoms with Crippen LogP contribution in [0.15, 0.2) is 206 Å². The van der Waals surface area contributed by atoms with Crippen molar-refractivity contribution >= 4 is 67.4 Å². The summed E-state index contributed by atoms with van der Waals surface area (Å²) in [4.78, 5) is 0. The Balaban J connectivity index is 1.28. The van der Waals surface area contributed by atoms with E-state index in [4.69, 9.17) is 0 Å². The van der Waals surface area contributed by atoms with Crippen LogP contribution in [0.4, 0.5) is 0 Å². The van der Waals surface area contributed by atoms with Gasteiger partial charge in [-0.05, 0) is 98.7 Å². The van der Waals surface area contributed by atoms with E-state index in [-0.39, 0.29) is 0 Å². The van der Waals surface area contributed by atoms with E-state index in [2.05, 4.69) is 231 Å². The smallest absolute Gasteiger partial charge is 0.00139 e. The summed E-state index contributed by atoms with van der Waals surface area (Å²) >= 11 is 0. The molecular weight excluding hydrogens is 673 g/mol. The fourth-order valence-electron chi connectivity index (χ4n) is 8.53. The molecule has 0 fully saturated rings. The van der Waals surface area contributed by atoms with E-state index in [9.17, 15) is 0 Å². The van der Waals surface area contributed by atoms with Crippen LogP contribution in [0.1, 0.15) is 22.3 Å². The van der Waals surface area contributed by atoms with Crippen LogP contribution in [-0.2, 0) is 0 Å². The first-order chi connectivity index (χ1) is 27.8. The molecular formula is C56H38. The van der Waals surface area contributed by atoms with E-state index < -0.39 is 0 Å². The van der Waals surface area contributed by atoms with Crippen molar-refractivity contribution in [3.8, 4) is 33.4 Å². The van der Waals surface area contributed by atoms with Crippen LogP contribution < -0.4 is 0 Å². The van der Waals surface area contributed by atoms with E-state index in [0.29, 0.717) is 0 Å². The molecule has 0 amide bonds. The third kappa shape index (κ3) is 5.99. The highest BCUT2D eigenvalue weighted by molar-refractivity contribution is 6.28. The zero-order chi connectivity index (χ0) is 37.3. The Morgan fingerprint density at radius 2 is 0.643 bits per heavy atom. The summed E-state index contributed by atoms with van der Waals surface area (Å²) in [7, 11) is 0. The predicted octanol–water partition coefficient (Wildman–Crippen LogP) is 15.6. The summed E-state index contributed by atoms with van der Waals surface area (Å²) in [5.74, 6) is 0. The van der Waals surface area contributed by atoms with Crippen molar-refractivity contribution in [2.75, 3.05) is 0 Å². The first-order valence-corrected chi connectivity index (χ1v) is 19.4. The second-order valence-corrected chi connectivity index (χ2v) is 14.4. The van der Waals surface area contributed by atoms with Gasteiger partial charge in [-0.15, -0.1) is 0 Å². The molecule has 0 saturated heterocycles. The summed E-state index contributed by atoms with van der Waals surface area (Å²) < 4.78 is 0. The Morgan fingerprint density at radius 3 is 1.18 bits per heavy atom. The summed E-state index contributed by atoms with van der Waals surface area (Å²) in [6.45, 7) is 0. The van der Waals surface area contributed by atoms with Crippen molar-refractivity contribution in [3.63, 3.8) is 0 Å². The molecule has 10 rings (SSSR count). The van der Waals surface area contributed by atoms with Crippen LogP contribution in [-0.4, -0.2) is 0 Å². The lowest BCUT2D eigenvalue weighted by atomic mass is 9.80. The zero-order valence-corrected chi connectivity index (χ0v) is 30.9. The zero-order valence-electron chi connectivity index (χ0n) is 30.9. The average Bonchev–Trinajstić information content (AvgIpc) is 3.27. The van der Waals surface area contributed by atoms with E-state index >= 15 is 0 Å². The molecule has 0 aliphatic rings. The van der Waals surface area contributed by atoms with E-state index in [1.54, 1.807) is 0 Å². The topological polar surface area (TPSA) is 0 Å². The van der Waals surface area contributed by atoms with Crippen molar-refractivity contribution < 1.29 is 0 Å². The van der Waals surface area contributed by atoms with Gasteiger partial charge in [0.1, 0.15) is 0 Å². The van der Waals surface area contributed by atoms with Crippen molar-refractivity contribution in [1.29, 1.82) is 0 Å². The highest BCUT2D eigenvalue weighted by Crippen LogP contribution is 2.49. The molecule has 0 heterocycles. The predicted molar refractivity (Wildman–Crippen MR) is 244 cm³/mol. The molecule has 0 atom stereocenters. The molecule has 0 aliphatic carbocycles. The fraction of sp³-hybridized carbons (Fsp3) is 0. The number of hydrogen-bond acceptors (Lipinski definition) is 0. The van der Waals surface area contributed by atoms with Gasteiger partial charge in [0.05, 0.1) is 0 Å². The largest absolute Gasteiger partial charge is 0.0622 e. The third-order valence-electron chi connectivity index (χ3n) is 11.1. The molecule has 0 radical (unpaired) electrons. The van der Waals surface area contributed by atoms with Crippen LogP contribution in [0.3, 0.4) is 0 Å². The highest BCUT2D eigenvalue weighted by Gasteiger charge is 2.22. The Hall–Kier alpha value is -7.28. The number of hydrogen-bond donors (Lipinski definition) is 0. The molecule has 56 heavy (non-hydrogen) atoms. The van der Waals surface area contributed by atoms with Crippen LogP contribution in [0.25, 0.3) is 101 Å². The lowest BCUT2D eigenvalue weighted by Gasteiger charge is -2.22. The Labute approximate surface area is 328 Å². The minimum Gasteiger partial charge on any atom is -0.0622 e. The Kier molecular flexibility index (Phi) is 8.63. The van der Waals surface area contributed by atoms with E-state index in [0.717, 1.165) is 0 Å². The maximum absolute atomic E-state index is 2.35. The third-order valence-corrected chi connectivity index (χ3v) is 11.1. The van der Waals surface area contributed by atoms with Crippen molar-refractivity contribution in [2.24, 2.45) is 0 Å². The summed E-state index contributed by atoms with van der Waals surface area (Å²) in [5, 5.41) is 9.96. The first-order valence-electron chi connectivity index (χ1n) is 19.4. The molecule has 0 unspecified atom stereocenters. The highest BCUT2D eigenvalue weighted by atomic mass is 14.2. The van der Waals surface area contributed by atoms with E-state index in [1.165, 1.54) is 98.7 Å². The maximum atomic E-state index is 2.35. The lowest BCUT2D eigenvalue weighted by molar-refractivity contribution is 1.64. The summed E-state index contributed by atoms with van der Waals surface area (Å²) in [6.07, 6.45) is 8.92. The average molecular weight is 711 g/mol. The van der Waals surface area contributed by atoms with Crippen molar-refractivity contribution in [2.45, 2.75) is 0 Å². The van der Waals surface area contributed by atoms with Gasteiger partial charge < -0.3 is 0 Å². The van der Waals surface area contributed by atoms with Gasteiger partial charge in [0.2, 0.25) is 0 Å². The Morgan fingerprint density at radius 1 is 0.232 bits per heavy atom. The second kappa shape index (κ2) is 14.5. The van der Waals surface area contributed by atoms with Crippen LogP contribution in [0.2, 0.25) is 0 Å². The SMILES string of the molecule is C(=C\c1ccc(-c2c3ccccc3c(-c3ccc(/C=C/c4ccccc4)c4ccccc34)c3c(-c4ccccc4)cccc23)c2ccccc12)/c1ccccc1. The number of rotatable bonds is 7. The van der Waals surface area contributed by atoms with Gasteiger partial charge in [0.25, 0.3) is 0 Å². The monoisotopic (exact) mass is 710 g/mol. The van der Waals surface area contributed by atoms with Crippen molar-refractivity contribution in [1.82, 2.24) is 0 Å². The first kappa shape index (κ1) is 33.3. The van der Waals surface area contributed by atoms with Gasteiger partial charge >= 0.3 is 0 Å². The molecule has 0 heteroatoms. The van der Waals surface area contributed by atoms with Crippen molar-refractivity contribution in [3.05, 3.63) is 229 Å². The lowest BCUT2D eigenvalue weighted by Crippen LogP contribution is -1.95. The summed E-state index contributed by atoms with van der Waals surface area (Å²) in [5.41, 5.74) is 12.2. The fourth-order valence-corrected chi connectivity index (χ4v) is 8.53. The Bertz CT molecular complexity index is 3100. The molecule has 0 aliphatic heterocycles. The molecule has 0 spiro atoms. The van der Waals surface area contributed by atoms with Gasteiger partial charge in [-0.2, -0.15) is 0 Å². The summed E-state index contributed by atoms with van der Waals surface area (Å²) in [6, 6.07) is 74.9. The standard InChI is InChI=1S/C56H38/c1-4-17-39(18-5-1)31-33-42-35-37-51(47-25-12-10-23-44(42)47)54-49-27-14-15-28-50(49)56(55-46(29-16-30-53(54)55)41-21-8-3-9-22-41)52-38-36-43(45-24-11-13-26-48(45)52)34-32-40-19-6-2-7-20-40/h1-38H/b33-31+,34-32+. The van der Waals surface area contributed by atoms with Crippen LogP contribution in [0.5, 0.6) is 0 Å². The molecule has 262 valence electrons. The number of fused-ring (bicyclic) bond motifs is 4. The van der Waals surface area contributed by atoms with E-state index in [1.807, 2.05) is 0 Å². The van der Waals surface area contributed by atoms with Gasteiger partial charge in [-0.25, -0.2) is 0 Å². The quantitative estimate of drug-likeness (QED) is 0.114. The molecule has 10 aromatic carbocycles. The molecule has 0 N–H and O–H groups in total. The van der Waals surface area contributed by atoms with Crippen LogP contribution in [0, 0.1) is 0 Å². The maximum Gasteiger partial charge on any atom is -0.00139 e. The second-order valence-electron chi connectivity index (χ2n) is 14.4. The molecule has 0 bridgehead atoms. The van der Waals surface area contributed by atoms with Gasteiger partial charge in [0.15, 0.2) is 0 Å². The minimum atomic E-state index is 1.19. The molecule has 0 aromatic heterocycles. The van der Waals surface area contributed by atoms with Crippen LogP contribution >= 0.6 is 0 Å². The van der Waals surface area contributed by atoms with Gasteiger partial charge in [-0.3, -0.25) is 0 Å². The van der Waals surface area contributed by atoms with Gasteiger partial charge in [0, 0.05) is 0 Å².